The van der Waals surface area contributed by atoms with Gasteiger partial charge in [0.25, 0.3) is 0 Å². The van der Waals surface area contributed by atoms with Crippen LogP contribution in [-0.4, -0.2) is 0 Å². The number of hydrogen-bond donors (Lipinski definition) is 0. The maximum Gasteiger partial charge on any atom is 0.143 e. The molecular formula is C50H32O2. The molecule has 0 radical (unpaired) electrons. The summed E-state index contributed by atoms with van der Waals surface area (Å²) in [6.45, 7) is 0. The van der Waals surface area contributed by atoms with Gasteiger partial charge in [0.05, 0.1) is 0 Å². The Labute approximate surface area is 300 Å². The topological polar surface area (TPSA) is 26.3 Å². The maximum atomic E-state index is 6.59. The van der Waals surface area contributed by atoms with E-state index in [-0.39, 0.29) is 11.8 Å². The minimum atomic E-state index is 0.138. The van der Waals surface area contributed by atoms with Crippen LogP contribution in [0.1, 0.15) is 11.1 Å². The third-order valence-electron chi connectivity index (χ3n) is 11.1. The molecule has 0 spiro atoms. The van der Waals surface area contributed by atoms with Crippen LogP contribution >= 0.6 is 0 Å². The van der Waals surface area contributed by atoms with Gasteiger partial charge in [0.2, 0.25) is 0 Å². The number of hydrogen-bond acceptors (Lipinski definition) is 2. The third-order valence-corrected chi connectivity index (χ3v) is 11.1. The van der Waals surface area contributed by atoms with E-state index in [0.717, 1.165) is 49.4 Å². The Balaban J connectivity index is 1.18. The largest absolute Gasteiger partial charge is 0.456 e. The molecule has 2 nitrogen and oxygen atoms in total. The van der Waals surface area contributed by atoms with Crippen LogP contribution in [0, 0.1) is 11.8 Å². The highest BCUT2D eigenvalue weighted by Crippen LogP contribution is 2.46. The molecule has 52 heavy (non-hydrogen) atoms. The second-order valence-corrected chi connectivity index (χ2v) is 13.9. The Morgan fingerprint density at radius 1 is 0.346 bits per heavy atom. The minimum Gasteiger partial charge on any atom is -0.456 e. The lowest BCUT2D eigenvalue weighted by Crippen LogP contribution is -2.40. The van der Waals surface area contributed by atoms with Gasteiger partial charge in [-0.1, -0.05) is 158 Å². The molecule has 0 amide bonds. The van der Waals surface area contributed by atoms with E-state index >= 15 is 0 Å². The van der Waals surface area contributed by atoms with Gasteiger partial charge in [-0.3, -0.25) is 0 Å². The third kappa shape index (κ3) is 4.31. The van der Waals surface area contributed by atoms with E-state index in [2.05, 4.69) is 164 Å². The molecule has 2 aliphatic carbocycles. The molecule has 0 fully saturated rings. The number of allylic oxidation sites excluding steroid dienone is 4. The van der Waals surface area contributed by atoms with Crippen molar-refractivity contribution in [2.45, 2.75) is 0 Å². The van der Waals surface area contributed by atoms with Gasteiger partial charge in [0.15, 0.2) is 0 Å². The Hall–Kier alpha value is -6.64. The van der Waals surface area contributed by atoms with E-state index < -0.39 is 0 Å². The van der Waals surface area contributed by atoms with Crippen LogP contribution in [0.2, 0.25) is 0 Å². The van der Waals surface area contributed by atoms with E-state index in [9.17, 15) is 0 Å². The van der Waals surface area contributed by atoms with Crippen molar-refractivity contribution >= 4 is 55.0 Å². The minimum absolute atomic E-state index is 0.138. The van der Waals surface area contributed by atoms with Crippen molar-refractivity contribution in [1.82, 2.24) is 0 Å². The molecule has 244 valence electrons. The van der Waals surface area contributed by atoms with Gasteiger partial charge in [-0.2, -0.15) is 0 Å². The average Bonchev–Trinajstić information content (AvgIpc) is 3.78. The maximum absolute atomic E-state index is 6.59. The summed E-state index contributed by atoms with van der Waals surface area (Å²) in [4.78, 5) is 0. The summed E-state index contributed by atoms with van der Waals surface area (Å²) in [5.74, 6) is 0.281. The second-order valence-electron chi connectivity index (χ2n) is 13.9. The van der Waals surface area contributed by atoms with Gasteiger partial charge in [-0.25, -0.2) is 0 Å². The first kappa shape index (κ1) is 29.1. The molecule has 2 heteroatoms. The first-order valence-electron chi connectivity index (χ1n) is 18.0. The predicted molar refractivity (Wildman–Crippen MR) is 214 cm³/mol. The van der Waals surface area contributed by atoms with Crippen LogP contribution in [0.25, 0.3) is 77.3 Å². The molecule has 0 aliphatic heterocycles. The van der Waals surface area contributed by atoms with Gasteiger partial charge < -0.3 is 8.83 Å². The van der Waals surface area contributed by atoms with Gasteiger partial charge in [0.1, 0.15) is 22.3 Å². The first-order valence-corrected chi connectivity index (χ1v) is 18.0. The van der Waals surface area contributed by atoms with E-state index in [0.29, 0.717) is 0 Å². The lowest BCUT2D eigenvalue weighted by atomic mass is 9.68. The van der Waals surface area contributed by atoms with E-state index in [1.807, 2.05) is 18.2 Å². The normalized spacial score (nSPS) is 16.6. The molecule has 9 aromatic rings. The van der Waals surface area contributed by atoms with Gasteiger partial charge >= 0.3 is 0 Å². The zero-order chi connectivity index (χ0) is 34.2. The molecule has 11 rings (SSSR count). The zero-order valence-corrected chi connectivity index (χ0v) is 28.3. The summed E-state index contributed by atoms with van der Waals surface area (Å²) in [7, 11) is 0. The molecule has 0 N–H and O–H groups in total. The van der Waals surface area contributed by atoms with Crippen molar-refractivity contribution in [3.8, 4) is 22.3 Å². The summed E-state index contributed by atoms with van der Waals surface area (Å²) in [6, 6.07) is 56.6. The zero-order valence-electron chi connectivity index (χ0n) is 28.3. The van der Waals surface area contributed by atoms with Crippen LogP contribution in [-0.2, 0) is 0 Å². The second kappa shape index (κ2) is 11.4. The molecule has 0 bridgehead atoms. The van der Waals surface area contributed by atoms with Gasteiger partial charge in [-0.05, 0) is 73.7 Å². The van der Waals surface area contributed by atoms with Crippen LogP contribution < -0.4 is 10.4 Å². The van der Waals surface area contributed by atoms with Crippen molar-refractivity contribution in [1.29, 1.82) is 0 Å². The molecule has 0 saturated heterocycles. The van der Waals surface area contributed by atoms with Gasteiger partial charge in [0, 0.05) is 38.9 Å². The highest BCUT2D eigenvalue weighted by molar-refractivity contribution is 6.10. The fraction of sp³-hybridized carbons (Fsp3) is 0.0400. The predicted octanol–water partition coefficient (Wildman–Crippen LogP) is 11.6. The molecule has 2 atom stereocenters. The number of benzene rings is 7. The first-order chi connectivity index (χ1) is 25.8. The molecule has 2 heterocycles. The Kier molecular flexibility index (Phi) is 6.41. The average molecular weight is 665 g/mol. The number of furan rings is 2. The molecule has 0 saturated carbocycles. The smallest absolute Gasteiger partial charge is 0.143 e. The summed E-state index contributed by atoms with van der Waals surface area (Å²) in [5.41, 5.74) is 13.6. The van der Waals surface area contributed by atoms with Crippen LogP contribution in [0.3, 0.4) is 0 Å². The van der Waals surface area contributed by atoms with E-state index in [1.54, 1.807) is 0 Å². The SMILES string of the molecule is C1=CC2C(c3ccccc3-c3ccc4oc5ccccc5c4c3)=c3ccccc3=C(c3ccccc3-c3cccc4c3oc3ccccc34)C2C=C1. The Morgan fingerprint density at radius 3 is 1.56 bits per heavy atom. The van der Waals surface area contributed by atoms with Crippen LogP contribution in [0.5, 0.6) is 0 Å². The highest BCUT2D eigenvalue weighted by Gasteiger charge is 2.34. The van der Waals surface area contributed by atoms with Crippen molar-refractivity contribution in [2.24, 2.45) is 11.8 Å². The number of fused-ring (bicyclic) bond motifs is 8. The van der Waals surface area contributed by atoms with Crippen molar-refractivity contribution in [3.63, 3.8) is 0 Å². The van der Waals surface area contributed by atoms with Crippen molar-refractivity contribution in [3.05, 3.63) is 204 Å². The number of rotatable bonds is 4. The Bertz CT molecular complexity index is 3090. The molecule has 2 aromatic heterocycles. The van der Waals surface area contributed by atoms with E-state index in [4.69, 9.17) is 8.83 Å². The summed E-state index contributed by atoms with van der Waals surface area (Å²) in [6.07, 6.45) is 9.25. The number of para-hydroxylation sites is 3. The van der Waals surface area contributed by atoms with Gasteiger partial charge in [-0.15, -0.1) is 0 Å². The lowest BCUT2D eigenvalue weighted by molar-refractivity contribution is 0.669. The van der Waals surface area contributed by atoms with Crippen LogP contribution in [0.15, 0.2) is 191 Å². The summed E-state index contributed by atoms with van der Waals surface area (Å²) >= 11 is 0. The molecule has 2 aliphatic rings. The fourth-order valence-corrected chi connectivity index (χ4v) is 8.90. The van der Waals surface area contributed by atoms with Crippen molar-refractivity contribution < 1.29 is 8.83 Å². The van der Waals surface area contributed by atoms with Crippen molar-refractivity contribution in [2.75, 3.05) is 0 Å². The molecular weight excluding hydrogens is 633 g/mol. The summed E-state index contributed by atoms with van der Waals surface area (Å²) < 4.78 is 12.8. The fourth-order valence-electron chi connectivity index (χ4n) is 8.90. The standard InChI is InChI=1S/C50H32O2/c1-3-18-36(32(14-1)31-28-29-47-44(30-31)35-17-10-11-26-45(35)51-47)48-38-20-5-7-22-40(38)49(41-23-8-6-21-39(41)48)37-19-4-2-15-33(37)42-24-13-25-43-34-16-9-12-27-46(34)52-50(42)43/h1-30,38,40H. The quantitative estimate of drug-likeness (QED) is 0.187. The Morgan fingerprint density at radius 2 is 0.846 bits per heavy atom. The highest BCUT2D eigenvalue weighted by atomic mass is 16.3. The summed E-state index contributed by atoms with van der Waals surface area (Å²) in [5, 5.41) is 7.12. The lowest BCUT2D eigenvalue weighted by Gasteiger charge is -2.34. The van der Waals surface area contributed by atoms with Crippen LogP contribution in [0.4, 0.5) is 0 Å². The van der Waals surface area contributed by atoms with E-state index in [1.165, 1.54) is 49.4 Å². The molecule has 7 aromatic carbocycles. The monoisotopic (exact) mass is 664 g/mol. The molecule has 2 unspecified atom stereocenters.